The molecule has 1 aromatic carbocycles. The molecule has 0 saturated carbocycles. The largest absolute Gasteiger partial charge is 0.354 e. The van der Waals surface area contributed by atoms with Gasteiger partial charge in [0.15, 0.2) is 4.96 Å². The molecule has 0 unspecified atom stereocenters. The Morgan fingerprint density at radius 1 is 1.36 bits per heavy atom. The number of fused-ring (bicyclic) bond motifs is 1. The van der Waals surface area contributed by atoms with Gasteiger partial charge in [0, 0.05) is 33.9 Å². The van der Waals surface area contributed by atoms with Gasteiger partial charge in [0.25, 0.3) is 0 Å². The van der Waals surface area contributed by atoms with Crippen molar-refractivity contribution >= 4 is 33.8 Å². The SMILES string of the molecule is CC(C)NC(=O)Cc1csc2nc(-c3ccc(Cl)cc3)cn12. The summed E-state index contributed by atoms with van der Waals surface area (Å²) in [5.41, 5.74) is 2.85. The fourth-order valence-corrected chi connectivity index (χ4v) is 3.25. The third-order valence-corrected chi connectivity index (χ3v) is 4.36. The van der Waals surface area contributed by atoms with Crippen LogP contribution in [-0.2, 0) is 11.2 Å². The van der Waals surface area contributed by atoms with E-state index in [1.807, 2.05) is 54.1 Å². The van der Waals surface area contributed by atoms with Crippen LogP contribution in [0.4, 0.5) is 0 Å². The number of thiazole rings is 1. The van der Waals surface area contributed by atoms with E-state index in [-0.39, 0.29) is 11.9 Å². The highest BCUT2D eigenvalue weighted by Crippen LogP contribution is 2.25. The lowest BCUT2D eigenvalue weighted by Crippen LogP contribution is -2.31. The molecule has 2 heterocycles. The molecular formula is C16H16ClN3OS. The van der Waals surface area contributed by atoms with E-state index in [2.05, 4.69) is 10.3 Å². The second kappa shape index (κ2) is 6.10. The molecule has 6 heteroatoms. The average molecular weight is 334 g/mol. The molecule has 22 heavy (non-hydrogen) atoms. The number of nitrogens with one attached hydrogen (secondary N) is 1. The van der Waals surface area contributed by atoms with E-state index in [0.717, 1.165) is 21.9 Å². The van der Waals surface area contributed by atoms with Crippen LogP contribution >= 0.6 is 22.9 Å². The van der Waals surface area contributed by atoms with E-state index in [0.29, 0.717) is 11.4 Å². The molecule has 0 aliphatic heterocycles. The molecule has 0 bridgehead atoms. The molecular weight excluding hydrogens is 318 g/mol. The number of imidazole rings is 1. The number of nitrogens with zero attached hydrogens (tertiary/aromatic N) is 2. The Hall–Kier alpha value is -1.85. The Bertz CT molecular complexity index is 805. The summed E-state index contributed by atoms with van der Waals surface area (Å²) in [6.45, 7) is 3.91. The van der Waals surface area contributed by atoms with Crippen LogP contribution in [0.2, 0.25) is 5.02 Å². The number of benzene rings is 1. The van der Waals surface area contributed by atoms with Crippen molar-refractivity contribution in [3.8, 4) is 11.3 Å². The van der Waals surface area contributed by atoms with E-state index in [9.17, 15) is 4.79 Å². The molecule has 0 radical (unpaired) electrons. The first-order chi connectivity index (χ1) is 10.5. The molecule has 0 saturated heterocycles. The molecule has 114 valence electrons. The Labute approximate surface area is 137 Å². The van der Waals surface area contributed by atoms with Crippen molar-refractivity contribution in [3.63, 3.8) is 0 Å². The van der Waals surface area contributed by atoms with Gasteiger partial charge in [-0.2, -0.15) is 0 Å². The van der Waals surface area contributed by atoms with E-state index in [1.54, 1.807) is 0 Å². The van der Waals surface area contributed by atoms with Gasteiger partial charge < -0.3 is 5.32 Å². The minimum absolute atomic E-state index is 0.0245. The van der Waals surface area contributed by atoms with Crippen LogP contribution < -0.4 is 5.32 Å². The lowest BCUT2D eigenvalue weighted by molar-refractivity contribution is -0.120. The van der Waals surface area contributed by atoms with Gasteiger partial charge in [-0.15, -0.1) is 11.3 Å². The monoisotopic (exact) mass is 333 g/mol. The summed E-state index contributed by atoms with van der Waals surface area (Å²) in [7, 11) is 0. The number of carbonyl (C=O) groups excluding carboxylic acids is 1. The van der Waals surface area contributed by atoms with Crippen LogP contribution in [0.3, 0.4) is 0 Å². The molecule has 0 aliphatic rings. The quantitative estimate of drug-likeness (QED) is 0.789. The Morgan fingerprint density at radius 2 is 2.09 bits per heavy atom. The molecule has 1 N–H and O–H groups in total. The third kappa shape index (κ3) is 3.15. The Morgan fingerprint density at radius 3 is 2.77 bits per heavy atom. The summed E-state index contributed by atoms with van der Waals surface area (Å²) in [5.74, 6) is 0.0245. The summed E-state index contributed by atoms with van der Waals surface area (Å²) in [6.07, 6.45) is 2.32. The fraction of sp³-hybridized carbons (Fsp3) is 0.250. The first-order valence-corrected chi connectivity index (χ1v) is 8.29. The van der Waals surface area contributed by atoms with Gasteiger partial charge in [-0.1, -0.05) is 23.7 Å². The van der Waals surface area contributed by atoms with Crippen molar-refractivity contribution in [3.05, 3.63) is 46.6 Å². The maximum absolute atomic E-state index is 11.9. The molecule has 4 nitrogen and oxygen atoms in total. The van der Waals surface area contributed by atoms with E-state index >= 15 is 0 Å². The molecule has 0 atom stereocenters. The van der Waals surface area contributed by atoms with Crippen molar-refractivity contribution in [2.24, 2.45) is 0 Å². The van der Waals surface area contributed by atoms with Crippen molar-refractivity contribution in [2.75, 3.05) is 0 Å². The van der Waals surface area contributed by atoms with Crippen LogP contribution in [-0.4, -0.2) is 21.3 Å². The Kier molecular flexibility index (Phi) is 4.18. The molecule has 0 spiro atoms. The van der Waals surface area contributed by atoms with Crippen LogP contribution in [0, 0.1) is 0 Å². The number of amides is 1. The van der Waals surface area contributed by atoms with Crippen LogP contribution in [0.5, 0.6) is 0 Å². The van der Waals surface area contributed by atoms with Crippen molar-refractivity contribution < 1.29 is 4.79 Å². The minimum atomic E-state index is 0.0245. The van der Waals surface area contributed by atoms with Crippen molar-refractivity contribution in [1.82, 2.24) is 14.7 Å². The fourth-order valence-electron chi connectivity index (χ4n) is 2.25. The van der Waals surface area contributed by atoms with Gasteiger partial charge in [-0.25, -0.2) is 4.98 Å². The van der Waals surface area contributed by atoms with Crippen LogP contribution in [0.1, 0.15) is 19.5 Å². The highest BCUT2D eigenvalue weighted by molar-refractivity contribution is 7.15. The molecule has 0 aliphatic carbocycles. The van der Waals surface area contributed by atoms with E-state index < -0.39 is 0 Å². The lowest BCUT2D eigenvalue weighted by Gasteiger charge is -2.07. The van der Waals surface area contributed by atoms with E-state index in [1.165, 1.54) is 11.3 Å². The number of rotatable bonds is 4. The summed E-state index contributed by atoms with van der Waals surface area (Å²) < 4.78 is 1.98. The zero-order valence-electron chi connectivity index (χ0n) is 12.3. The molecule has 3 aromatic rings. The third-order valence-electron chi connectivity index (χ3n) is 3.21. The number of halogens is 1. The summed E-state index contributed by atoms with van der Waals surface area (Å²) in [6, 6.07) is 7.73. The second-order valence-corrected chi connectivity index (χ2v) is 6.68. The topological polar surface area (TPSA) is 46.4 Å². The first kappa shape index (κ1) is 15.1. The van der Waals surface area contributed by atoms with E-state index in [4.69, 9.17) is 11.6 Å². The number of aromatic nitrogens is 2. The summed E-state index contributed by atoms with van der Waals surface area (Å²) in [4.78, 5) is 17.4. The normalized spacial score (nSPS) is 11.3. The zero-order chi connectivity index (χ0) is 15.7. The minimum Gasteiger partial charge on any atom is -0.354 e. The van der Waals surface area contributed by atoms with Crippen LogP contribution in [0.15, 0.2) is 35.8 Å². The maximum Gasteiger partial charge on any atom is 0.226 e. The van der Waals surface area contributed by atoms with Gasteiger partial charge in [0.05, 0.1) is 12.1 Å². The smallest absolute Gasteiger partial charge is 0.226 e. The summed E-state index contributed by atoms with van der Waals surface area (Å²) in [5, 5.41) is 5.59. The molecule has 1 amide bonds. The van der Waals surface area contributed by atoms with Gasteiger partial charge >= 0.3 is 0 Å². The highest BCUT2D eigenvalue weighted by Gasteiger charge is 2.13. The van der Waals surface area contributed by atoms with Gasteiger partial charge in [0.2, 0.25) is 5.91 Å². The van der Waals surface area contributed by atoms with Crippen molar-refractivity contribution in [1.29, 1.82) is 0 Å². The average Bonchev–Trinajstić information content (AvgIpc) is 3.01. The zero-order valence-corrected chi connectivity index (χ0v) is 13.9. The van der Waals surface area contributed by atoms with Crippen LogP contribution in [0.25, 0.3) is 16.2 Å². The first-order valence-electron chi connectivity index (χ1n) is 7.03. The standard InChI is InChI=1S/C16H16ClN3OS/c1-10(2)18-15(21)7-13-9-22-16-19-14(8-20(13)16)11-3-5-12(17)6-4-11/h3-6,8-10H,7H2,1-2H3,(H,18,21). The second-order valence-electron chi connectivity index (χ2n) is 5.41. The highest BCUT2D eigenvalue weighted by atomic mass is 35.5. The van der Waals surface area contributed by atoms with Crippen molar-refractivity contribution in [2.45, 2.75) is 26.3 Å². The molecule has 3 rings (SSSR count). The molecule has 0 fully saturated rings. The van der Waals surface area contributed by atoms with Gasteiger partial charge in [0.1, 0.15) is 0 Å². The van der Waals surface area contributed by atoms with Gasteiger partial charge in [-0.3, -0.25) is 9.20 Å². The molecule has 2 aromatic heterocycles. The Balaban J connectivity index is 1.88. The predicted molar refractivity (Wildman–Crippen MR) is 90.5 cm³/mol. The lowest BCUT2D eigenvalue weighted by atomic mass is 10.2. The predicted octanol–water partition coefficient (Wildman–Crippen LogP) is 3.78. The summed E-state index contributed by atoms with van der Waals surface area (Å²) >= 11 is 7.45. The van der Waals surface area contributed by atoms with Gasteiger partial charge in [-0.05, 0) is 26.0 Å². The number of hydrogen-bond acceptors (Lipinski definition) is 3. The maximum atomic E-state index is 11.9. The number of carbonyl (C=O) groups is 1. The number of hydrogen-bond donors (Lipinski definition) is 1.